The number of hydrogen-bond donors (Lipinski definition) is 2. The molecule has 0 saturated carbocycles. The molecular formula is C20H24N5O2S+. The molecule has 0 atom stereocenters. The van der Waals surface area contributed by atoms with Crippen molar-refractivity contribution in [1.29, 1.82) is 0 Å². The van der Waals surface area contributed by atoms with Crippen molar-refractivity contribution in [3.8, 4) is 6.01 Å². The number of aromatic amines is 1. The number of fused-ring (bicyclic) bond motifs is 1. The molecule has 7 nitrogen and oxygen atoms in total. The van der Waals surface area contributed by atoms with E-state index in [4.69, 9.17) is 10.5 Å². The Balaban J connectivity index is 1.88. The Morgan fingerprint density at radius 1 is 1.29 bits per heavy atom. The summed E-state index contributed by atoms with van der Waals surface area (Å²) in [7, 11) is 0. The van der Waals surface area contributed by atoms with Gasteiger partial charge in [0.1, 0.15) is 5.52 Å². The van der Waals surface area contributed by atoms with E-state index in [1.165, 1.54) is 0 Å². The molecule has 3 N–H and O–H groups in total. The molecule has 0 unspecified atom stereocenters. The molecule has 0 fully saturated rings. The molecule has 0 aliphatic heterocycles. The van der Waals surface area contributed by atoms with E-state index in [0.717, 1.165) is 29.7 Å². The first-order chi connectivity index (χ1) is 13.6. The monoisotopic (exact) mass is 398 g/mol. The first kappa shape index (κ1) is 19.8. The van der Waals surface area contributed by atoms with Gasteiger partial charge >= 0.3 is 11.7 Å². The number of nitrogen functional groups attached to an aromatic ring is 1. The van der Waals surface area contributed by atoms with Gasteiger partial charge in [0.05, 0.1) is 13.2 Å². The van der Waals surface area contributed by atoms with E-state index in [-0.39, 0.29) is 17.5 Å². The summed E-state index contributed by atoms with van der Waals surface area (Å²) in [6, 6.07) is 8.16. The van der Waals surface area contributed by atoms with E-state index >= 15 is 0 Å². The van der Waals surface area contributed by atoms with Crippen LogP contribution in [0.1, 0.15) is 37.8 Å². The lowest BCUT2D eigenvalue weighted by atomic mass is 10.1. The van der Waals surface area contributed by atoms with Crippen LogP contribution < -0.4 is 16.2 Å². The highest BCUT2D eigenvalue weighted by atomic mass is 32.1. The maximum Gasteiger partial charge on any atom is 0.328 e. The van der Waals surface area contributed by atoms with Crippen molar-refractivity contribution in [1.82, 2.24) is 19.5 Å². The molecule has 1 aromatic carbocycles. The van der Waals surface area contributed by atoms with Crippen LogP contribution in [0.5, 0.6) is 6.01 Å². The average Bonchev–Trinajstić information content (AvgIpc) is 3.00. The van der Waals surface area contributed by atoms with Crippen LogP contribution in [0, 0.1) is 0 Å². The third-order valence-electron chi connectivity index (χ3n) is 4.13. The smallest absolute Gasteiger partial charge is 0.328 e. The van der Waals surface area contributed by atoms with Crippen LogP contribution in [0.15, 0.2) is 29.1 Å². The number of rotatable bonds is 8. The summed E-state index contributed by atoms with van der Waals surface area (Å²) in [5, 5.41) is 3.17. The Morgan fingerprint density at radius 2 is 2.07 bits per heavy atom. The second kappa shape index (κ2) is 9.30. The molecule has 2 aromatic heterocycles. The number of nitrogens with zero attached hydrogens (tertiary/aromatic N) is 3. The molecule has 3 rings (SSSR count). The van der Waals surface area contributed by atoms with E-state index in [1.54, 1.807) is 15.9 Å². The average molecular weight is 399 g/mol. The normalized spacial score (nSPS) is 10.6. The van der Waals surface area contributed by atoms with Gasteiger partial charge in [-0.1, -0.05) is 37.6 Å². The number of ether oxygens (including phenoxy) is 1. The SMILES string of the molecule is CCCCOc1nc(N)c2[nH]c(=O)n(Cc3ccc(C=C=[S+]CC)cc3)c2n1. The molecule has 0 bridgehead atoms. The molecule has 0 aliphatic rings. The third kappa shape index (κ3) is 4.65. The summed E-state index contributed by atoms with van der Waals surface area (Å²) in [4.78, 5) is 23.7. The standard InChI is InChI=1S/C20H23N5O2S/c1-3-5-11-27-19-23-17(21)16-18(24-19)25(20(26)22-16)13-15-8-6-14(7-9-15)10-12-28-4-2/h6-10H,3-5,11,13H2,1-2H3,(H2-,21,22,23,24,26)/p+1. The minimum absolute atomic E-state index is 0.190. The number of benzene rings is 1. The van der Waals surface area contributed by atoms with Crippen LogP contribution in [0.4, 0.5) is 5.82 Å². The lowest BCUT2D eigenvalue weighted by Gasteiger charge is -2.07. The summed E-state index contributed by atoms with van der Waals surface area (Å²) in [6.07, 6.45) is 3.85. The van der Waals surface area contributed by atoms with Crippen molar-refractivity contribution in [2.24, 2.45) is 0 Å². The molecule has 3 aromatic rings. The summed E-state index contributed by atoms with van der Waals surface area (Å²) in [5.41, 5.74) is 8.63. The van der Waals surface area contributed by atoms with Gasteiger partial charge in [-0.2, -0.15) is 9.97 Å². The molecule has 0 radical (unpaired) electrons. The largest absolute Gasteiger partial charge is 0.463 e. The van der Waals surface area contributed by atoms with Gasteiger partial charge in [-0.15, -0.1) is 0 Å². The Bertz CT molecular complexity index is 1060. The van der Waals surface area contributed by atoms with Crippen molar-refractivity contribution >= 4 is 39.4 Å². The zero-order chi connectivity index (χ0) is 19.9. The number of hydrogen-bond acceptors (Lipinski definition) is 5. The van der Waals surface area contributed by atoms with Crippen LogP contribution >= 0.6 is 0 Å². The number of aromatic nitrogens is 4. The van der Waals surface area contributed by atoms with Crippen molar-refractivity contribution in [2.45, 2.75) is 33.2 Å². The number of imidazole rings is 1. The molecule has 0 aliphatic carbocycles. The van der Waals surface area contributed by atoms with Crippen LogP contribution in [-0.2, 0) is 17.9 Å². The second-order valence-corrected chi connectivity index (χ2v) is 7.35. The third-order valence-corrected chi connectivity index (χ3v) is 4.71. The molecule has 8 heteroatoms. The van der Waals surface area contributed by atoms with Gasteiger partial charge in [0, 0.05) is 6.08 Å². The van der Waals surface area contributed by atoms with Crippen LogP contribution in [0.3, 0.4) is 0 Å². The van der Waals surface area contributed by atoms with Crippen molar-refractivity contribution < 1.29 is 4.74 Å². The fourth-order valence-electron chi connectivity index (χ4n) is 2.64. The summed E-state index contributed by atoms with van der Waals surface area (Å²) in [5.74, 6) is 1.20. The maximum absolute atomic E-state index is 12.4. The van der Waals surface area contributed by atoms with E-state index in [2.05, 4.69) is 33.8 Å². The molecule has 2 heterocycles. The molecule has 0 amide bonds. The van der Waals surface area contributed by atoms with Gasteiger partial charge < -0.3 is 15.5 Å². The second-order valence-electron chi connectivity index (χ2n) is 6.25. The van der Waals surface area contributed by atoms with E-state index < -0.39 is 0 Å². The number of nitrogens with one attached hydrogen (secondary N) is 1. The molecule has 28 heavy (non-hydrogen) atoms. The van der Waals surface area contributed by atoms with Gasteiger partial charge in [0.2, 0.25) is 11.4 Å². The number of unbranched alkanes of at least 4 members (excludes halogenated alkanes) is 1. The first-order valence-electron chi connectivity index (χ1n) is 9.30. The van der Waals surface area contributed by atoms with Gasteiger partial charge in [-0.25, -0.2) is 4.79 Å². The van der Waals surface area contributed by atoms with Crippen LogP contribution in [0.25, 0.3) is 17.2 Å². The van der Waals surface area contributed by atoms with Gasteiger partial charge in [-0.05, 0) is 24.5 Å². The predicted octanol–water partition coefficient (Wildman–Crippen LogP) is 2.45. The van der Waals surface area contributed by atoms with Crippen molar-refractivity contribution in [3.05, 3.63) is 45.9 Å². The maximum atomic E-state index is 12.4. The molecule has 0 spiro atoms. The van der Waals surface area contributed by atoms with E-state index in [1.807, 2.05) is 30.3 Å². The Labute approximate surface area is 167 Å². The summed E-state index contributed by atoms with van der Waals surface area (Å²) in [6.45, 7) is 5.05. The number of H-pyrrole nitrogens is 1. The number of anilines is 1. The highest BCUT2D eigenvalue weighted by Crippen LogP contribution is 2.19. The first-order valence-corrected chi connectivity index (χ1v) is 10.3. The van der Waals surface area contributed by atoms with Gasteiger partial charge in [0.15, 0.2) is 22.2 Å². The summed E-state index contributed by atoms with van der Waals surface area (Å²) < 4.78 is 7.11. The highest BCUT2D eigenvalue weighted by Gasteiger charge is 2.15. The minimum atomic E-state index is -0.279. The molecular weight excluding hydrogens is 374 g/mol. The van der Waals surface area contributed by atoms with Crippen molar-refractivity contribution in [3.63, 3.8) is 0 Å². The topological polar surface area (TPSA) is 98.8 Å². The predicted molar refractivity (Wildman–Crippen MR) is 116 cm³/mol. The highest BCUT2D eigenvalue weighted by molar-refractivity contribution is 7.76. The van der Waals surface area contributed by atoms with Gasteiger partial charge in [-0.3, -0.25) is 4.57 Å². The van der Waals surface area contributed by atoms with Crippen LogP contribution in [-0.4, -0.2) is 36.9 Å². The lowest BCUT2D eigenvalue weighted by molar-refractivity contribution is 0.286. The minimum Gasteiger partial charge on any atom is -0.463 e. The van der Waals surface area contributed by atoms with Crippen LogP contribution in [0.2, 0.25) is 0 Å². The fourth-order valence-corrected chi connectivity index (χ4v) is 3.03. The van der Waals surface area contributed by atoms with E-state index in [0.29, 0.717) is 24.3 Å². The zero-order valence-corrected chi connectivity index (χ0v) is 16.9. The van der Waals surface area contributed by atoms with E-state index in [9.17, 15) is 4.79 Å². The Hall–Kier alpha value is -2.96. The van der Waals surface area contributed by atoms with Crippen molar-refractivity contribution in [2.75, 3.05) is 18.1 Å². The fraction of sp³-hybridized carbons (Fsp3) is 0.350. The zero-order valence-electron chi connectivity index (χ0n) is 16.1. The molecule has 0 saturated heterocycles. The summed E-state index contributed by atoms with van der Waals surface area (Å²) >= 11 is 1.63. The molecule has 146 valence electrons. The van der Waals surface area contributed by atoms with Gasteiger partial charge in [0.25, 0.3) is 0 Å². The number of nitrogens with two attached hydrogens (primary N) is 1. The lowest BCUT2D eigenvalue weighted by Crippen LogP contribution is -2.17. The Kier molecular flexibility index (Phi) is 6.57. The Morgan fingerprint density at radius 3 is 2.79 bits per heavy atom. The quantitative estimate of drug-likeness (QED) is 0.345.